The van der Waals surface area contributed by atoms with Crippen molar-refractivity contribution in [1.29, 1.82) is 0 Å². The summed E-state index contributed by atoms with van der Waals surface area (Å²) >= 11 is 0. The van der Waals surface area contributed by atoms with E-state index in [4.69, 9.17) is 4.55 Å². The third-order valence-electron chi connectivity index (χ3n) is 1.04. The predicted octanol–water partition coefficient (Wildman–Crippen LogP) is 2.14. The molecule has 0 saturated carbocycles. The van der Waals surface area contributed by atoms with Crippen LogP contribution in [0.15, 0.2) is 35.2 Å². The summed E-state index contributed by atoms with van der Waals surface area (Å²) in [4.78, 5) is 1.93. The van der Waals surface area contributed by atoms with Gasteiger partial charge in [-0.25, -0.2) is 0 Å². The summed E-state index contributed by atoms with van der Waals surface area (Å²) < 4.78 is 29.2. The first-order valence-electron chi connectivity index (χ1n) is 4.97. The molecule has 1 rings (SSSR count). The van der Waals surface area contributed by atoms with Gasteiger partial charge in [-0.1, -0.05) is 32.0 Å². The third kappa shape index (κ3) is 11.2. The minimum atomic E-state index is -4.00. The molecular weight excluding hydrogens is 226 g/mol. The summed E-state index contributed by atoms with van der Waals surface area (Å²) in [7, 11) is 2.00. The highest BCUT2D eigenvalue weighted by atomic mass is 32.2. The van der Waals surface area contributed by atoms with Crippen molar-refractivity contribution in [3.8, 4) is 0 Å². The van der Waals surface area contributed by atoms with Crippen LogP contribution in [0.25, 0.3) is 0 Å². The molecule has 0 atom stereocenters. The number of hydrogen-bond acceptors (Lipinski definition) is 3. The largest absolute Gasteiger partial charge is 0.312 e. The Hall–Kier alpha value is -0.910. The average molecular weight is 247 g/mol. The van der Waals surface area contributed by atoms with Crippen molar-refractivity contribution in [2.45, 2.75) is 18.7 Å². The minimum absolute atomic E-state index is 0.0741. The lowest BCUT2D eigenvalue weighted by atomic mass is 10.4. The SMILES string of the molecule is CC.CN(C)C.O=S(=O)(O)c1ccccc1. The van der Waals surface area contributed by atoms with Crippen LogP contribution in [0.4, 0.5) is 0 Å². The van der Waals surface area contributed by atoms with E-state index in [1.54, 1.807) is 18.2 Å². The normalized spacial score (nSPS) is 9.69. The molecule has 0 aliphatic heterocycles. The van der Waals surface area contributed by atoms with Crippen LogP contribution in [-0.4, -0.2) is 39.0 Å². The second-order valence-electron chi connectivity index (χ2n) is 3.13. The van der Waals surface area contributed by atoms with Crippen molar-refractivity contribution < 1.29 is 13.0 Å². The molecule has 94 valence electrons. The Kier molecular flexibility index (Phi) is 10.2. The Morgan fingerprint density at radius 2 is 1.31 bits per heavy atom. The maximum absolute atomic E-state index is 10.4. The molecule has 1 N–H and O–H groups in total. The quantitative estimate of drug-likeness (QED) is 0.772. The van der Waals surface area contributed by atoms with Crippen LogP contribution in [0, 0.1) is 0 Å². The van der Waals surface area contributed by atoms with Crippen molar-refractivity contribution in [2.24, 2.45) is 0 Å². The fourth-order valence-corrected chi connectivity index (χ4v) is 1.09. The van der Waals surface area contributed by atoms with Crippen LogP contribution in [0.2, 0.25) is 0 Å². The Balaban J connectivity index is 0. The van der Waals surface area contributed by atoms with Gasteiger partial charge in [0, 0.05) is 0 Å². The molecule has 4 nitrogen and oxygen atoms in total. The topological polar surface area (TPSA) is 57.6 Å². The van der Waals surface area contributed by atoms with E-state index in [-0.39, 0.29) is 4.90 Å². The molecule has 16 heavy (non-hydrogen) atoms. The first-order chi connectivity index (χ1) is 7.34. The second-order valence-corrected chi connectivity index (χ2v) is 4.55. The van der Waals surface area contributed by atoms with Gasteiger partial charge in [0.25, 0.3) is 10.1 Å². The van der Waals surface area contributed by atoms with E-state index in [1.165, 1.54) is 12.1 Å². The average Bonchev–Trinajstić information content (AvgIpc) is 2.20. The van der Waals surface area contributed by atoms with Gasteiger partial charge in [0.05, 0.1) is 4.90 Å². The summed E-state index contributed by atoms with van der Waals surface area (Å²) in [6.07, 6.45) is 0. The zero-order valence-electron chi connectivity index (χ0n) is 10.5. The van der Waals surface area contributed by atoms with E-state index >= 15 is 0 Å². The zero-order chi connectivity index (χ0) is 13.2. The maximum Gasteiger partial charge on any atom is 0.294 e. The molecule has 0 heterocycles. The molecule has 5 heteroatoms. The van der Waals surface area contributed by atoms with Gasteiger partial charge in [-0.15, -0.1) is 0 Å². The molecular formula is C11H21NO3S. The van der Waals surface area contributed by atoms with Gasteiger partial charge in [0.1, 0.15) is 0 Å². The monoisotopic (exact) mass is 247 g/mol. The second kappa shape index (κ2) is 9.33. The van der Waals surface area contributed by atoms with Crippen LogP contribution in [0.5, 0.6) is 0 Å². The van der Waals surface area contributed by atoms with E-state index in [9.17, 15) is 8.42 Å². The number of hydrogen-bond donors (Lipinski definition) is 1. The van der Waals surface area contributed by atoms with E-state index in [1.807, 2.05) is 39.9 Å². The molecule has 0 fully saturated rings. The Morgan fingerprint density at radius 1 is 1.00 bits per heavy atom. The minimum Gasteiger partial charge on any atom is -0.312 e. The van der Waals surface area contributed by atoms with Crippen molar-refractivity contribution in [1.82, 2.24) is 4.90 Å². The molecule has 0 aliphatic carbocycles. The van der Waals surface area contributed by atoms with Gasteiger partial charge >= 0.3 is 0 Å². The summed E-state index contributed by atoms with van der Waals surface area (Å²) in [5.41, 5.74) is 0. The standard InChI is InChI=1S/C6H6O3S.C3H9N.C2H6/c7-10(8,9)6-4-2-1-3-5-6;1-4(2)3;1-2/h1-5H,(H,7,8,9);1-3H3;1-2H3. The van der Waals surface area contributed by atoms with Crippen molar-refractivity contribution in [3.05, 3.63) is 30.3 Å². The number of nitrogens with zero attached hydrogens (tertiary/aromatic N) is 1. The smallest absolute Gasteiger partial charge is 0.294 e. The summed E-state index contributed by atoms with van der Waals surface area (Å²) in [6.45, 7) is 4.00. The van der Waals surface area contributed by atoms with Gasteiger partial charge in [0.2, 0.25) is 0 Å². The van der Waals surface area contributed by atoms with Crippen LogP contribution in [0.1, 0.15) is 13.8 Å². The molecule has 1 aromatic rings. The van der Waals surface area contributed by atoms with Crippen LogP contribution in [-0.2, 0) is 10.1 Å². The highest BCUT2D eigenvalue weighted by Gasteiger charge is 2.05. The molecule has 0 aliphatic rings. The predicted molar refractivity (Wildman–Crippen MR) is 67.2 cm³/mol. The Morgan fingerprint density at radius 3 is 1.50 bits per heavy atom. The van der Waals surface area contributed by atoms with E-state index in [0.29, 0.717) is 0 Å². The molecule has 0 bridgehead atoms. The number of rotatable bonds is 1. The van der Waals surface area contributed by atoms with Crippen LogP contribution >= 0.6 is 0 Å². The fourth-order valence-electron chi connectivity index (χ4n) is 0.592. The van der Waals surface area contributed by atoms with Crippen molar-refractivity contribution >= 4 is 10.1 Å². The number of benzene rings is 1. The molecule has 0 unspecified atom stereocenters. The third-order valence-corrected chi connectivity index (χ3v) is 1.91. The Bertz CT molecular complexity index is 344. The maximum atomic E-state index is 10.4. The van der Waals surface area contributed by atoms with Crippen LogP contribution in [0.3, 0.4) is 0 Å². The Labute approximate surface area is 98.7 Å². The lowest BCUT2D eigenvalue weighted by Crippen LogP contribution is -1.99. The summed E-state index contributed by atoms with van der Waals surface area (Å²) in [5.74, 6) is 0. The van der Waals surface area contributed by atoms with E-state index < -0.39 is 10.1 Å². The first-order valence-corrected chi connectivity index (χ1v) is 6.41. The van der Waals surface area contributed by atoms with Gasteiger partial charge in [-0.05, 0) is 33.3 Å². The zero-order valence-corrected chi connectivity index (χ0v) is 11.3. The molecule has 0 spiro atoms. The summed E-state index contributed by atoms with van der Waals surface area (Å²) in [5, 5.41) is 0. The van der Waals surface area contributed by atoms with E-state index in [0.717, 1.165) is 0 Å². The van der Waals surface area contributed by atoms with Gasteiger partial charge in [-0.3, -0.25) is 4.55 Å². The van der Waals surface area contributed by atoms with Gasteiger partial charge in [-0.2, -0.15) is 8.42 Å². The fraction of sp³-hybridized carbons (Fsp3) is 0.455. The first kappa shape index (κ1) is 17.5. The molecule has 0 radical (unpaired) electrons. The van der Waals surface area contributed by atoms with Gasteiger partial charge < -0.3 is 4.90 Å². The molecule has 0 saturated heterocycles. The van der Waals surface area contributed by atoms with Gasteiger partial charge in [0.15, 0.2) is 0 Å². The summed E-state index contributed by atoms with van der Waals surface area (Å²) in [6, 6.07) is 7.42. The van der Waals surface area contributed by atoms with Crippen molar-refractivity contribution in [2.75, 3.05) is 21.1 Å². The lowest BCUT2D eigenvalue weighted by Gasteiger charge is -1.92. The van der Waals surface area contributed by atoms with Crippen molar-refractivity contribution in [3.63, 3.8) is 0 Å². The molecule has 0 amide bonds. The molecule has 1 aromatic carbocycles. The van der Waals surface area contributed by atoms with Crippen LogP contribution < -0.4 is 0 Å². The molecule has 0 aromatic heterocycles. The van der Waals surface area contributed by atoms with E-state index in [2.05, 4.69) is 0 Å². The highest BCUT2D eigenvalue weighted by molar-refractivity contribution is 7.85. The lowest BCUT2D eigenvalue weighted by molar-refractivity contribution is 0.483. The highest BCUT2D eigenvalue weighted by Crippen LogP contribution is 2.05.